The Hall–Kier alpha value is -2.54. The van der Waals surface area contributed by atoms with Crippen LogP contribution in [0.2, 0.25) is 0 Å². The summed E-state index contributed by atoms with van der Waals surface area (Å²) in [6.07, 6.45) is 2.37. The van der Waals surface area contributed by atoms with Gasteiger partial charge in [-0.3, -0.25) is 4.79 Å². The maximum Gasteiger partial charge on any atom is 0.234 e. The van der Waals surface area contributed by atoms with E-state index in [2.05, 4.69) is 32.7 Å². The van der Waals surface area contributed by atoms with Gasteiger partial charge >= 0.3 is 0 Å². The van der Waals surface area contributed by atoms with Gasteiger partial charge < -0.3 is 18.8 Å². The molecule has 0 aromatic carbocycles. The van der Waals surface area contributed by atoms with Crippen LogP contribution in [0.1, 0.15) is 43.1 Å². The van der Waals surface area contributed by atoms with Crippen molar-refractivity contribution < 1.29 is 9.21 Å². The molecule has 4 rings (SSSR count). The number of anilines is 1. The number of oxazole rings is 1. The van der Waals surface area contributed by atoms with E-state index in [4.69, 9.17) is 4.42 Å². The fourth-order valence-electron chi connectivity index (χ4n) is 3.43. The number of nitrogens with zero attached hydrogens (tertiary/aromatic N) is 7. The van der Waals surface area contributed by atoms with E-state index in [-0.39, 0.29) is 5.91 Å². The monoisotopic (exact) mass is 401 g/mol. The number of carbonyl (C=O) groups is 1. The molecule has 148 valence electrons. The van der Waals surface area contributed by atoms with Crippen LogP contribution in [0.5, 0.6) is 0 Å². The van der Waals surface area contributed by atoms with Crippen molar-refractivity contribution in [2.75, 3.05) is 36.8 Å². The largest absolute Gasteiger partial charge is 0.424 e. The van der Waals surface area contributed by atoms with E-state index < -0.39 is 0 Å². The molecule has 0 spiro atoms. The third kappa shape index (κ3) is 3.71. The number of hydrogen-bond donors (Lipinski definition) is 0. The SMILES string of the molecule is CCn1c(SCC(=O)N2CCN(c3oc(C)nc3C#N)CC2)nnc1C1CC1. The van der Waals surface area contributed by atoms with E-state index in [1.807, 2.05) is 9.80 Å². The maximum absolute atomic E-state index is 12.6. The first-order valence-electron chi connectivity index (χ1n) is 9.56. The van der Waals surface area contributed by atoms with Crippen molar-refractivity contribution in [3.63, 3.8) is 0 Å². The molecule has 0 bridgehead atoms. The lowest BCUT2D eigenvalue weighted by atomic mass is 10.3. The highest BCUT2D eigenvalue weighted by Crippen LogP contribution is 2.40. The molecule has 2 fully saturated rings. The molecule has 1 amide bonds. The molecular formula is C18H23N7O2S. The van der Waals surface area contributed by atoms with Crippen LogP contribution < -0.4 is 4.90 Å². The van der Waals surface area contributed by atoms with E-state index in [1.54, 1.807) is 6.92 Å². The van der Waals surface area contributed by atoms with Gasteiger partial charge in [0.25, 0.3) is 0 Å². The van der Waals surface area contributed by atoms with Crippen molar-refractivity contribution in [2.45, 2.75) is 44.3 Å². The number of hydrogen-bond acceptors (Lipinski definition) is 8. The molecule has 1 saturated heterocycles. The second-order valence-corrected chi connectivity index (χ2v) is 7.96. The number of nitriles is 1. The molecule has 0 unspecified atom stereocenters. The number of carbonyl (C=O) groups excluding carboxylic acids is 1. The molecule has 2 aliphatic rings. The third-order valence-electron chi connectivity index (χ3n) is 5.07. The first-order chi connectivity index (χ1) is 13.6. The maximum atomic E-state index is 12.6. The van der Waals surface area contributed by atoms with Gasteiger partial charge in [-0.05, 0) is 19.8 Å². The Balaban J connectivity index is 1.32. The molecule has 10 heteroatoms. The van der Waals surface area contributed by atoms with Crippen LogP contribution in [0.4, 0.5) is 5.88 Å². The minimum absolute atomic E-state index is 0.0949. The zero-order chi connectivity index (χ0) is 19.7. The quantitative estimate of drug-likeness (QED) is 0.675. The van der Waals surface area contributed by atoms with E-state index in [9.17, 15) is 10.1 Å². The van der Waals surface area contributed by atoms with Gasteiger partial charge in [-0.25, -0.2) is 4.98 Å². The Labute approximate surface area is 167 Å². The van der Waals surface area contributed by atoms with Gasteiger partial charge in [-0.1, -0.05) is 11.8 Å². The van der Waals surface area contributed by atoms with E-state index in [0.29, 0.717) is 55.3 Å². The summed E-state index contributed by atoms with van der Waals surface area (Å²) in [7, 11) is 0. The Bertz CT molecular complexity index is 904. The molecule has 0 atom stereocenters. The summed E-state index contributed by atoms with van der Waals surface area (Å²) in [5.74, 6) is 3.04. The normalized spacial score (nSPS) is 17.0. The highest BCUT2D eigenvalue weighted by Gasteiger charge is 2.30. The van der Waals surface area contributed by atoms with Crippen molar-refractivity contribution in [1.29, 1.82) is 5.26 Å². The van der Waals surface area contributed by atoms with Crippen LogP contribution in [0, 0.1) is 18.3 Å². The van der Waals surface area contributed by atoms with Crippen molar-refractivity contribution in [1.82, 2.24) is 24.6 Å². The van der Waals surface area contributed by atoms with Gasteiger partial charge in [0.15, 0.2) is 11.0 Å². The lowest BCUT2D eigenvalue weighted by molar-refractivity contribution is -0.128. The fraction of sp³-hybridized carbons (Fsp3) is 0.611. The smallest absolute Gasteiger partial charge is 0.234 e. The van der Waals surface area contributed by atoms with Crippen molar-refractivity contribution in [2.24, 2.45) is 0 Å². The molecule has 28 heavy (non-hydrogen) atoms. The molecule has 0 N–H and O–H groups in total. The summed E-state index contributed by atoms with van der Waals surface area (Å²) in [6, 6.07) is 2.07. The molecule has 3 heterocycles. The fourth-order valence-corrected chi connectivity index (χ4v) is 4.34. The summed E-state index contributed by atoms with van der Waals surface area (Å²) in [6.45, 7) is 7.07. The number of amides is 1. The third-order valence-corrected chi connectivity index (χ3v) is 6.02. The second kappa shape index (κ2) is 7.83. The number of aryl methyl sites for hydroxylation is 1. The van der Waals surface area contributed by atoms with E-state index >= 15 is 0 Å². The molecule has 1 saturated carbocycles. The molecule has 1 aliphatic carbocycles. The Kier molecular flexibility index (Phi) is 5.26. The lowest BCUT2D eigenvalue weighted by Crippen LogP contribution is -2.49. The zero-order valence-electron chi connectivity index (χ0n) is 16.1. The second-order valence-electron chi connectivity index (χ2n) is 7.01. The zero-order valence-corrected chi connectivity index (χ0v) is 16.9. The van der Waals surface area contributed by atoms with Gasteiger partial charge in [-0.2, -0.15) is 5.26 Å². The molecule has 1 aliphatic heterocycles. The highest BCUT2D eigenvalue weighted by molar-refractivity contribution is 7.99. The number of aromatic nitrogens is 4. The number of rotatable bonds is 6. The number of piperazine rings is 1. The first kappa shape index (κ1) is 18.8. The van der Waals surface area contributed by atoms with E-state index in [0.717, 1.165) is 17.5 Å². The minimum Gasteiger partial charge on any atom is -0.424 e. The Morgan fingerprint density at radius 1 is 1.29 bits per heavy atom. The predicted octanol–water partition coefficient (Wildman–Crippen LogP) is 1.78. The van der Waals surface area contributed by atoms with Gasteiger partial charge in [0.05, 0.1) is 5.75 Å². The summed E-state index contributed by atoms with van der Waals surface area (Å²) >= 11 is 1.46. The Morgan fingerprint density at radius 2 is 2.04 bits per heavy atom. The van der Waals surface area contributed by atoms with Gasteiger partial charge in [0.1, 0.15) is 11.9 Å². The van der Waals surface area contributed by atoms with Crippen molar-refractivity contribution in [3.8, 4) is 6.07 Å². The molecule has 0 radical (unpaired) electrons. The van der Waals surface area contributed by atoms with E-state index in [1.165, 1.54) is 24.6 Å². The van der Waals surface area contributed by atoms with Crippen LogP contribution in [0.25, 0.3) is 0 Å². The molecule has 2 aromatic heterocycles. The Morgan fingerprint density at radius 3 is 2.68 bits per heavy atom. The predicted molar refractivity (Wildman–Crippen MR) is 103 cm³/mol. The highest BCUT2D eigenvalue weighted by atomic mass is 32.2. The minimum atomic E-state index is 0.0949. The first-order valence-corrected chi connectivity index (χ1v) is 10.6. The molecule has 9 nitrogen and oxygen atoms in total. The standard InChI is InChI=1S/C18H23N7O2S/c1-3-25-16(13-4-5-13)21-22-18(25)28-11-15(26)23-6-8-24(9-7-23)17-14(10-19)20-12(2)27-17/h13H,3-9,11H2,1-2H3. The van der Waals surface area contributed by atoms with Gasteiger partial charge in [0, 0.05) is 45.6 Å². The topological polar surface area (TPSA) is 104 Å². The lowest BCUT2D eigenvalue weighted by Gasteiger charge is -2.34. The van der Waals surface area contributed by atoms with Crippen LogP contribution in [-0.4, -0.2) is 62.5 Å². The summed E-state index contributed by atoms with van der Waals surface area (Å²) in [5.41, 5.74) is 0.304. The average Bonchev–Trinajstić information content (AvgIpc) is 3.36. The summed E-state index contributed by atoms with van der Waals surface area (Å²) in [4.78, 5) is 20.6. The van der Waals surface area contributed by atoms with Crippen molar-refractivity contribution >= 4 is 23.6 Å². The van der Waals surface area contributed by atoms with Gasteiger partial charge in [0.2, 0.25) is 17.5 Å². The average molecular weight is 401 g/mol. The summed E-state index contributed by atoms with van der Waals surface area (Å²) < 4.78 is 7.69. The summed E-state index contributed by atoms with van der Waals surface area (Å²) in [5, 5.41) is 18.6. The number of thioether (sulfide) groups is 1. The van der Waals surface area contributed by atoms with Crippen LogP contribution >= 0.6 is 11.8 Å². The van der Waals surface area contributed by atoms with Crippen LogP contribution in [0.3, 0.4) is 0 Å². The molecular weight excluding hydrogens is 378 g/mol. The van der Waals surface area contributed by atoms with Gasteiger partial charge in [-0.15, -0.1) is 10.2 Å². The van der Waals surface area contributed by atoms with Crippen LogP contribution in [0.15, 0.2) is 9.57 Å². The molecule has 2 aromatic rings. The van der Waals surface area contributed by atoms with Crippen molar-refractivity contribution in [3.05, 3.63) is 17.4 Å². The van der Waals surface area contributed by atoms with Crippen LogP contribution in [-0.2, 0) is 11.3 Å².